The summed E-state index contributed by atoms with van der Waals surface area (Å²) in [6.45, 7) is 9.43. The van der Waals surface area contributed by atoms with Crippen molar-refractivity contribution in [2.45, 2.75) is 46.3 Å². The first-order valence-electron chi connectivity index (χ1n) is 6.11. The Hall–Kier alpha value is -1.02. The Balaban J connectivity index is 2.51. The molecule has 0 heterocycles. The van der Waals surface area contributed by atoms with Crippen molar-refractivity contribution in [3.63, 3.8) is 0 Å². The van der Waals surface area contributed by atoms with Gasteiger partial charge in [0.25, 0.3) is 0 Å². The van der Waals surface area contributed by atoms with Crippen LogP contribution in [0.1, 0.15) is 33.3 Å². The fourth-order valence-electron chi connectivity index (χ4n) is 1.57. The van der Waals surface area contributed by atoms with Gasteiger partial charge < -0.3 is 10.1 Å². The summed E-state index contributed by atoms with van der Waals surface area (Å²) in [5, 5.41) is 3.38. The summed E-state index contributed by atoms with van der Waals surface area (Å²) < 4.78 is 5.92. The molecular formula is C14H23NO. The molecule has 2 nitrogen and oxygen atoms in total. The van der Waals surface area contributed by atoms with E-state index in [1.54, 1.807) is 0 Å². The topological polar surface area (TPSA) is 21.3 Å². The third kappa shape index (κ3) is 4.23. The Bertz CT molecular complexity index is 309. The van der Waals surface area contributed by atoms with E-state index in [2.05, 4.69) is 45.1 Å². The van der Waals surface area contributed by atoms with Gasteiger partial charge in [-0.05, 0) is 25.0 Å². The van der Waals surface area contributed by atoms with Gasteiger partial charge in [0.2, 0.25) is 0 Å². The number of rotatable bonds is 6. The second kappa shape index (κ2) is 6.54. The number of benzene rings is 1. The minimum absolute atomic E-state index is 0.204. The van der Waals surface area contributed by atoms with Crippen molar-refractivity contribution in [2.75, 3.05) is 6.54 Å². The Labute approximate surface area is 99.0 Å². The van der Waals surface area contributed by atoms with Crippen LogP contribution in [0, 0.1) is 0 Å². The normalized spacial score (nSPS) is 12.8. The van der Waals surface area contributed by atoms with Crippen molar-refractivity contribution in [1.82, 2.24) is 5.32 Å². The maximum atomic E-state index is 5.92. The highest BCUT2D eigenvalue weighted by Gasteiger charge is 2.07. The van der Waals surface area contributed by atoms with Crippen LogP contribution in [0.5, 0.6) is 5.75 Å². The Kier molecular flexibility index (Phi) is 5.33. The van der Waals surface area contributed by atoms with Crippen molar-refractivity contribution in [3.8, 4) is 5.75 Å². The molecule has 1 N–H and O–H groups in total. The highest BCUT2D eigenvalue weighted by Crippen LogP contribution is 2.19. The molecule has 0 aliphatic carbocycles. The average molecular weight is 221 g/mol. The van der Waals surface area contributed by atoms with Gasteiger partial charge in [-0.2, -0.15) is 0 Å². The first kappa shape index (κ1) is 13.0. The van der Waals surface area contributed by atoms with Gasteiger partial charge in [-0.1, -0.05) is 39.0 Å². The van der Waals surface area contributed by atoms with E-state index >= 15 is 0 Å². The summed E-state index contributed by atoms with van der Waals surface area (Å²) in [6.07, 6.45) is 1.22. The zero-order valence-electron chi connectivity index (χ0n) is 10.8. The molecule has 16 heavy (non-hydrogen) atoms. The first-order chi connectivity index (χ1) is 7.63. The van der Waals surface area contributed by atoms with E-state index in [1.807, 2.05) is 12.1 Å². The smallest absolute Gasteiger partial charge is 0.122 e. The zero-order chi connectivity index (χ0) is 12.0. The molecule has 0 saturated carbocycles. The molecule has 1 unspecified atom stereocenters. The fraction of sp³-hybridized carbons (Fsp3) is 0.571. The van der Waals surface area contributed by atoms with E-state index in [1.165, 1.54) is 5.56 Å². The number of ether oxygens (including phenoxy) is 1. The fourth-order valence-corrected chi connectivity index (χ4v) is 1.57. The molecule has 0 aliphatic heterocycles. The van der Waals surface area contributed by atoms with Gasteiger partial charge in [0.1, 0.15) is 11.9 Å². The minimum Gasteiger partial charge on any atom is -0.489 e. The van der Waals surface area contributed by atoms with Crippen molar-refractivity contribution >= 4 is 0 Å². The van der Waals surface area contributed by atoms with Gasteiger partial charge in [-0.25, -0.2) is 0 Å². The summed E-state index contributed by atoms with van der Waals surface area (Å²) in [6, 6.07) is 8.76. The number of para-hydroxylation sites is 1. The van der Waals surface area contributed by atoms with Crippen LogP contribution in [0.2, 0.25) is 0 Å². The van der Waals surface area contributed by atoms with Gasteiger partial charge in [0.05, 0.1) is 0 Å². The van der Waals surface area contributed by atoms with Crippen LogP contribution in [0.3, 0.4) is 0 Å². The quantitative estimate of drug-likeness (QED) is 0.797. The second-order valence-corrected chi connectivity index (χ2v) is 4.45. The maximum Gasteiger partial charge on any atom is 0.122 e. The molecule has 0 amide bonds. The van der Waals surface area contributed by atoms with E-state index in [4.69, 9.17) is 4.74 Å². The third-order valence-corrected chi connectivity index (χ3v) is 2.50. The predicted octanol–water partition coefficient (Wildman–Crippen LogP) is 3.01. The molecule has 0 aromatic heterocycles. The molecule has 1 rings (SSSR count). The lowest BCUT2D eigenvalue weighted by atomic mass is 10.1. The molecule has 0 saturated heterocycles. The molecule has 2 heteroatoms. The summed E-state index contributed by atoms with van der Waals surface area (Å²) in [4.78, 5) is 0. The first-order valence-corrected chi connectivity index (χ1v) is 6.11. The number of hydrogen-bond acceptors (Lipinski definition) is 2. The molecule has 0 radical (unpaired) electrons. The molecule has 90 valence electrons. The Morgan fingerprint density at radius 2 is 1.88 bits per heavy atom. The van der Waals surface area contributed by atoms with Crippen LogP contribution >= 0.6 is 0 Å². The summed E-state index contributed by atoms with van der Waals surface area (Å²) in [7, 11) is 0. The standard InChI is InChI=1S/C14H23NO/c1-5-13-8-6-7-9-14(13)16-12(4)10-15-11(2)3/h6-9,11-12,15H,5,10H2,1-4H3. The maximum absolute atomic E-state index is 5.92. The highest BCUT2D eigenvalue weighted by atomic mass is 16.5. The molecule has 1 aromatic rings. The lowest BCUT2D eigenvalue weighted by Crippen LogP contribution is -2.33. The molecule has 0 bridgehead atoms. The summed E-state index contributed by atoms with van der Waals surface area (Å²) in [5.41, 5.74) is 1.28. The summed E-state index contributed by atoms with van der Waals surface area (Å²) >= 11 is 0. The molecule has 1 aromatic carbocycles. The van der Waals surface area contributed by atoms with Crippen LogP contribution in [0.4, 0.5) is 0 Å². The van der Waals surface area contributed by atoms with Crippen LogP contribution in [0.15, 0.2) is 24.3 Å². The summed E-state index contributed by atoms with van der Waals surface area (Å²) in [5.74, 6) is 1.02. The molecule has 0 spiro atoms. The monoisotopic (exact) mass is 221 g/mol. The number of aryl methyl sites for hydroxylation is 1. The molecule has 1 atom stereocenters. The van der Waals surface area contributed by atoms with E-state index in [0.717, 1.165) is 18.7 Å². The van der Waals surface area contributed by atoms with Gasteiger partial charge >= 0.3 is 0 Å². The number of hydrogen-bond donors (Lipinski definition) is 1. The van der Waals surface area contributed by atoms with Crippen molar-refractivity contribution in [2.24, 2.45) is 0 Å². The van der Waals surface area contributed by atoms with Gasteiger partial charge in [-0.15, -0.1) is 0 Å². The molecular weight excluding hydrogens is 198 g/mol. The third-order valence-electron chi connectivity index (χ3n) is 2.50. The van der Waals surface area contributed by atoms with Gasteiger partial charge in [-0.3, -0.25) is 0 Å². The highest BCUT2D eigenvalue weighted by molar-refractivity contribution is 5.33. The van der Waals surface area contributed by atoms with Crippen molar-refractivity contribution in [1.29, 1.82) is 0 Å². The van der Waals surface area contributed by atoms with E-state index in [0.29, 0.717) is 6.04 Å². The van der Waals surface area contributed by atoms with E-state index < -0.39 is 0 Å². The lowest BCUT2D eigenvalue weighted by molar-refractivity contribution is 0.212. The lowest BCUT2D eigenvalue weighted by Gasteiger charge is -2.18. The minimum atomic E-state index is 0.204. The Morgan fingerprint density at radius 1 is 1.19 bits per heavy atom. The predicted molar refractivity (Wildman–Crippen MR) is 69.0 cm³/mol. The zero-order valence-corrected chi connectivity index (χ0v) is 10.8. The number of nitrogens with one attached hydrogen (secondary N) is 1. The van der Waals surface area contributed by atoms with Crippen LogP contribution in [-0.4, -0.2) is 18.7 Å². The van der Waals surface area contributed by atoms with Crippen LogP contribution < -0.4 is 10.1 Å². The van der Waals surface area contributed by atoms with Crippen LogP contribution in [0.25, 0.3) is 0 Å². The SMILES string of the molecule is CCc1ccccc1OC(C)CNC(C)C. The van der Waals surface area contributed by atoms with Crippen molar-refractivity contribution < 1.29 is 4.74 Å². The van der Waals surface area contributed by atoms with Gasteiger partial charge in [0.15, 0.2) is 0 Å². The Morgan fingerprint density at radius 3 is 2.50 bits per heavy atom. The second-order valence-electron chi connectivity index (χ2n) is 4.45. The molecule has 0 fully saturated rings. The van der Waals surface area contributed by atoms with E-state index in [9.17, 15) is 0 Å². The average Bonchev–Trinajstić information content (AvgIpc) is 2.27. The van der Waals surface area contributed by atoms with E-state index in [-0.39, 0.29) is 6.10 Å². The van der Waals surface area contributed by atoms with Crippen molar-refractivity contribution in [3.05, 3.63) is 29.8 Å². The van der Waals surface area contributed by atoms with Gasteiger partial charge in [0, 0.05) is 12.6 Å². The molecule has 0 aliphatic rings. The van der Waals surface area contributed by atoms with Crippen LogP contribution in [-0.2, 0) is 6.42 Å². The largest absolute Gasteiger partial charge is 0.489 e.